The third kappa shape index (κ3) is 4.18. The number of esters is 1. The molecule has 0 radical (unpaired) electrons. The topological polar surface area (TPSA) is 58.6 Å². The third-order valence-electron chi connectivity index (χ3n) is 2.38. The van der Waals surface area contributed by atoms with Gasteiger partial charge in [0.15, 0.2) is 6.10 Å². The van der Waals surface area contributed by atoms with E-state index in [0.717, 1.165) is 25.8 Å². The second-order valence-electron chi connectivity index (χ2n) is 5.03. The van der Waals surface area contributed by atoms with Crippen LogP contribution in [-0.2, 0) is 9.53 Å². The molecule has 2 atom stereocenters. The van der Waals surface area contributed by atoms with Gasteiger partial charge in [0.2, 0.25) is 0 Å². The fourth-order valence-corrected chi connectivity index (χ4v) is 1.67. The number of aliphatic hydroxyl groups excluding tert-OH is 1. The summed E-state index contributed by atoms with van der Waals surface area (Å²) in [7, 11) is 0. The first-order valence-electron chi connectivity index (χ1n) is 5.54. The Morgan fingerprint density at radius 3 is 2.60 bits per heavy atom. The van der Waals surface area contributed by atoms with Gasteiger partial charge in [-0.1, -0.05) is 6.42 Å². The molecule has 0 aromatic carbocycles. The minimum Gasteiger partial charge on any atom is -0.458 e. The molecule has 88 valence electrons. The number of hydrogen-bond acceptors (Lipinski definition) is 4. The lowest BCUT2D eigenvalue weighted by molar-refractivity contribution is -0.167. The van der Waals surface area contributed by atoms with E-state index in [4.69, 9.17) is 4.74 Å². The highest BCUT2D eigenvalue weighted by molar-refractivity contribution is 5.75. The van der Waals surface area contributed by atoms with Crippen molar-refractivity contribution in [2.45, 2.75) is 57.8 Å². The van der Waals surface area contributed by atoms with Crippen LogP contribution in [0.4, 0.5) is 0 Å². The highest BCUT2D eigenvalue weighted by Gasteiger charge is 2.30. The molecule has 4 heteroatoms. The molecule has 1 saturated heterocycles. The molecule has 1 rings (SSSR count). The van der Waals surface area contributed by atoms with E-state index in [1.807, 2.05) is 0 Å². The van der Waals surface area contributed by atoms with Crippen molar-refractivity contribution < 1.29 is 14.6 Å². The lowest BCUT2D eigenvalue weighted by Crippen LogP contribution is -2.48. The molecule has 0 aliphatic carbocycles. The molecule has 1 fully saturated rings. The van der Waals surface area contributed by atoms with Crippen LogP contribution in [0.5, 0.6) is 0 Å². The van der Waals surface area contributed by atoms with Gasteiger partial charge in [0.1, 0.15) is 5.60 Å². The quantitative estimate of drug-likeness (QED) is 0.670. The van der Waals surface area contributed by atoms with Crippen molar-refractivity contribution in [3.05, 3.63) is 0 Å². The average molecular weight is 215 g/mol. The second kappa shape index (κ2) is 4.94. The molecule has 1 aliphatic rings. The van der Waals surface area contributed by atoms with Gasteiger partial charge in [-0.2, -0.15) is 0 Å². The first-order valence-corrected chi connectivity index (χ1v) is 5.54. The fraction of sp³-hybridized carbons (Fsp3) is 0.909. The summed E-state index contributed by atoms with van der Waals surface area (Å²) in [4.78, 5) is 11.5. The van der Waals surface area contributed by atoms with Gasteiger partial charge in [-0.25, -0.2) is 4.79 Å². The highest BCUT2D eigenvalue weighted by atomic mass is 16.6. The molecule has 1 heterocycles. The Kier molecular flexibility index (Phi) is 4.11. The molecule has 0 spiro atoms. The molecule has 1 aliphatic heterocycles. The van der Waals surface area contributed by atoms with Gasteiger partial charge in [-0.3, -0.25) is 0 Å². The summed E-state index contributed by atoms with van der Waals surface area (Å²) in [5.74, 6) is -0.526. The highest BCUT2D eigenvalue weighted by Crippen LogP contribution is 2.14. The van der Waals surface area contributed by atoms with E-state index >= 15 is 0 Å². The van der Waals surface area contributed by atoms with Gasteiger partial charge in [0.25, 0.3) is 0 Å². The van der Waals surface area contributed by atoms with Crippen LogP contribution in [0.3, 0.4) is 0 Å². The second-order valence-corrected chi connectivity index (χ2v) is 5.03. The van der Waals surface area contributed by atoms with Crippen molar-refractivity contribution in [1.29, 1.82) is 0 Å². The summed E-state index contributed by atoms with van der Waals surface area (Å²) in [5, 5.41) is 12.9. The Bertz CT molecular complexity index is 216. The Balaban J connectivity index is 2.44. The molecule has 0 bridgehead atoms. The number of nitrogens with one attached hydrogen (secondary N) is 1. The van der Waals surface area contributed by atoms with E-state index in [9.17, 15) is 9.90 Å². The molecule has 0 aromatic heterocycles. The molecular weight excluding hydrogens is 194 g/mol. The van der Waals surface area contributed by atoms with Gasteiger partial charge in [0.05, 0.1) is 0 Å². The first-order chi connectivity index (χ1) is 6.90. The molecule has 2 N–H and O–H groups in total. The zero-order valence-electron chi connectivity index (χ0n) is 9.75. The number of carbonyl (C=O) groups excluding carboxylic acids is 1. The lowest BCUT2D eigenvalue weighted by Gasteiger charge is -2.29. The van der Waals surface area contributed by atoms with E-state index in [2.05, 4.69) is 5.32 Å². The van der Waals surface area contributed by atoms with Gasteiger partial charge in [-0.05, 0) is 40.2 Å². The Labute approximate surface area is 91.0 Å². The molecule has 4 nitrogen and oxygen atoms in total. The maximum Gasteiger partial charge on any atom is 0.337 e. The van der Waals surface area contributed by atoms with Crippen LogP contribution < -0.4 is 5.32 Å². The summed E-state index contributed by atoms with van der Waals surface area (Å²) in [6.45, 7) is 6.26. The molecular formula is C11H21NO3. The van der Waals surface area contributed by atoms with Gasteiger partial charge >= 0.3 is 5.97 Å². The summed E-state index contributed by atoms with van der Waals surface area (Å²) in [6.07, 6.45) is 1.96. The SMILES string of the molecule is CC(C)(C)OC(=O)[C@H](O)[C@@H]1CCCCN1. The molecule has 0 saturated carbocycles. The normalized spacial score (nSPS) is 24.7. The van der Waals surface area contributed by atoms with Gasteiger partial charge in [0, 0.05) is 6.04 Å². The minimum atomic E-state index is -1.04. The fourth-order valence-electron chi connectivity index (χ4n) is 1.67. The molecule has 15 heavy (non-hydrogen) atoms. The number of rotatable bonds is 2. The largest absolute Gasteiger partial charge is 0.458 e. The standard InChI is InChI=1S/C11H21NO3/c1-11(2,3)15-10(14)9(13)8-6-4-5-7-12-8/h8-9,12-13H,4-7H2,1-3H3/t8-,9+/m0/s1. The van der Waals surface area contributed by atoms with Crippen LogP contribution in [0.25, 0.3) is 0 Å². The van der Waals surface area contributed by atoms with Gasteiger partial charge < -0.3 is 15.2 Å². The number of hydrogen-bond donors (Lipinski definition) is 2. The monoisotopic (exact) mass is 215 g/mol. The first kappa shape index (κ1) is 12.5. The van der Waals surface area contributed by atoms with Crippen molar-refractivity contribution in [2.75, 3.05) is 6.54 Å². The Hall–Kier alpha value is -0.610. The van der Waals surface area contributed by atoms with E-state index < -0.39 is 17.7 Å². The van der Waals surface area contributed by atoms with Gasteiger partial charge in [-0.15, -0.1) is 0 Å². The predicted molar refractivity (Wildman–Crippen MR) is 57.5 cm³/mol. The summed E-state index contributed by atoms with van der Waals surface area (Å²) >= 11 is 0. The van der Waals surface area contributed by atoms with Crippen LogP contribution in [-0.4, -0.2) is 35.4 Å². The Morgan fingerprint density at radius 2 is 2.13 bits per heavy atom. The van der Waals surface area contributed by atoms with Crippen molar-refractivity contribution in [1.82, 2.24) is 5.32 Å². The predicted octanol–water partition coefficient (Wildman–Crippen LogP) is 0.831. The van der Waals surface area contributed by atoms with Crippen molar-refractivity contribution in [2.24, 2.45) is 0 Å². The van der Waals surface area contributed by atoms with E-state index in [1.165, 1.54) is 0 Å². The van der Waals surface area contributed by atoms with Crippen LogP contribution in [0.2, 0.25) is 0 Å². The van der Waals surface area contributed by atoms with Crippen LogP contribution >= 0.6 is 0 Å². The van der Waals surface area contributed by atoms with Crippen LogP contribution in [0, 0.1) is 0 Å². The van der Waals surface area contributed by atoms with Crippen molar-refractivity contribution in [3.63, 3.8) is 0 Å². The maximum atomic E-state index is 11.5. The lowest BCUT2D eigenvalue weighted by atomic mass is 10.00. The zero-order chi connectivity index (χ0) is 11.5. The minimum absolute atomic E-state index is 0.145. The summed E-state index contributed by atoms with van der Waals surface area (Å²) < 4.78 is 5.12. The van der Waals surface area contributed by atoms with E-state index in [0.29, 0.717) is 0 Å². The molecule has 0 amide bonds. The Morgan fingerprint density at radius 1 is 1.47 bits per heavy atom. The zero-order valence-corrected chi connectivity index (χ0v) is 9.75. The third-order valence-corrected chi connectivity index (χ3v) is 2.38. The number of ether oxygens (including phenoxy) is 1. The average Bonchev–Trinajstić information content (AvgIpc) is 2.15. The number of carbonyl (C=O) groups is 1. The number of piperidine rings is 1. The maximum absolute atomic E-state index is 11.5. The summed E-state index contributed by atoms with van der Waals surface area (Å²) in [6, 6.07) is -0.145. The molecule has 0 unspecified atom stereocenters. The van der Waals surface area contributed by atoms with E-state index in [-0.39, 0.29) is 6.04 Å². The van der Waals surface area contributed by atoms with Crippen LogP contribution in [0.15, 0.2) is 0 Å². The summed E-state index contributed by atoms with van der Waals surface area (Å²) in [5.41, 5.74) is -0.535. The molecule has 0 aromatic rings. The van der Waals surface area contributed by atoms with E-state index in [1.54, 1.807) is 20.8 Å². The van der Waals surface area contributed by atoms with Crippen molar-refractivity contribution >= 4 is 5.97 Å². The smallest absolute Gasteiger partial charge is 0.337 e. The van der Waals surface area contributed by atoms with Crippen LogP contribution in [0.1, 0.15) is 40.0 Å². The number of aliphatic hydroxyl groups is 1. The van der Waals surface area contributed by atoms with Crippen molar-refractivity contribution in [3.8, 4) is 0 Å².